The highest BCUT2D eigenvalue weighted by molar-refractivity contribution is 6.03. The molecule has 0 saturated heterocycles. The van der Waals surface area contributed by atoms with Crippen molar-refractivity contribution in [1.29, 1.82) is 0 Å². The summed E-state index contributed by atoms with van der Waals surface area (Å²) in [7, 11) is 0. The van der Waals surface area contributed by atoms with Crippen LogP contribution in [0.1, 0.15) is 38.2 Å². The number of carbonyl (C=O) groups is 2. The zero-order valence-corrected chi connectivity index (χ0v) is 10.7. The minimum absolute atomic E-state index is 0.00202. The van der Waals surface area contributed by atoms with Gasteiger partial charge in [-0.15, -0.1) is 0 Å². The Morgan fingerprint density at radius 1 is 1.39 bits per heavy atom. The van der Waals surface area contributed by atoms with Gasteiger partial charge in [-0.3, -0.25) is 9.59 Å². The summed E-state index contributed by atoms with van der Waals surface area (Å²) < 4.78 is 0. The molecular formula is C14H18N2O2. The molecule has 96 valence electrons. The van der Waals surface area contributed by atoms with Gasteiger partial charge in [-0.25, -0.2) is 0 Å². The molecule has 4 heteroatoms. The molecule has 1 atom stereocenters. The van der Waals surface area contributed by atoms with Gasteiger partial charge in [-0.05, 0) is 31.9 Å². The van der Waals surface area contributed by atoms with Crippen LogP contribution in [0, 0.1) is 0 Å². The van der Waals surface area contributed by atoms with E-state index in [1.54, 1.807) is 0 Å². The van der Waals surface area contributed by atoms with Gasteiger partial charge < -0.3 is 10.6 Å². The van der Waals surface area contributed by atoms with Crippen LogP contribution in [0.3, 0.4) is 0 Å². The van der Waals surface area contributed by atoms with E-state index < -0.39 is 0 Å². The molecule has 2 amide bonds. The van der Waals surface area contributed by atoms with Crippen molar-refractivity contribution in [2.45, 2.75) is 38.6 Å². The number of hydrogen-bond acceptors (Lipinski definition) is 2. The van der Waals surface area contributed by atoms with Crippen LogP contribution in [-0.4, -0.2) is 17.9 Å². The lowest BCUT2D eigenvalue weighted by Crippen LogP contribution is -2.30. The third-order valence-corrected chi connectivity index (χ3v) is 3.02. The fourth-order valence-corrected chi connectivity index (χ4v) is 2.23. The van der Waals surface area contributed by atoms with Crippen molar-refractivity contribution in [3.63, 3.8) is 0 Å². The number of anilines is 1. The molecule has 0 aromatic heterocycles. The number of nitrogens with one attached hydrogen (secondary N) is 2. The molecule has 1 aromatic carbocycles. The Morgan fingerprint density at radius 3 is 2.83 bits per heavy atom. The summed E-state index contributed by atoms with van der Waals surface area (Å²) >= 11 is 0. The van der Waals surface area contributed by atoms with Crippen molar-refractivity contribution in [2.75, 3.05) is 5.32 Å². The monoisotopic (exact) mass is 246 g/mol. The summed E-state index contributed by atoms with van der Waals surface area (Å²) in [4.78, 5) is 23.4. The number of hydrogen-bond donors (Lipinski definition) is 2. The Labute approximate surface area is 107 Å². The highest BCUT2D eigenvalue weighted by atomic mass is 16.2. The molecule has 2 N–H and O–H groups in total. The molecule has 0 fully saturated rings. The first kappa shape index (κ1) is 12.6. The first-order chi connectivity index (χ1) is 8.58. The fourth-order valence-electron chi connectivity index (χ4n) is 2.23. The zero-order valence-electron chi connectivity index (χ0n) is 10.7. The van der Waals surface area contributed by atoms with Gasteiger partial charge in [0.05, 0.1) is 5.92 Å². The molecule has 0 aliphatic carbocycles. The lowest BCUT2D eigenvalue weighted by molar-refractivity contribution is -0.122. The summed E-state index contributed by atoms with van der Waals surface area (Å²) in [5, 5.41) is 5.68. The average molecular weight is 246 g/mol. The molecule has 1 unspecified atom stereocenters. The SMILES string of the molecule is CC(C)NC(=O)CCC1C(=O)Nc2ccccc21. The summed E-state index contributed by atoms with van der Waals surface area (Å²) in [6.07, 6.45) is 0.937. The summed E-state index contributed by atoms with van der Waals surface area (Å²) in [5.74, 6) is -0.199. The average Bonchev–Trinajstić information content (AvgIpc) is 2.61. The van der Waals surface area contributed by atoms with Gasteiger partial charge >= 0.3 is 0 Å². The van der Waals surface area contributed by atoms with Crippen LogP contribution in [0.2, 0.25) is 0 Å². The van der Waals surface area contributed by atoms with Crippen molar-refractivity contribution in [3.8, 4) is 0 Å². The van der Waals surface area contributed by atoms with Crippen molar-refractivity contribution in [1.82, 2.24) is 5.32 Å². The van der Waals surface area contributed by atoms with Gasteiger partial charge in [0.25, 0.3) is 0 Å². The smallest absolute Gasteiger partial charge is 0.232 e. The quantitative estimate of drug-likeness (QED) is 0.854. The molecule has 1 aliphatic heterocycles. The topological polar surface area (TPSA) is 58.2 Å². The largest absolute Gasteiger partial charge is 0.354 e. The van der Waals surface area contributed by atoms with E-state index in [2.05, 4.69) is 10.6 Å². The lowest BCUT2D eigenvalue weighted by Gasteiger charge is -2.11. The van der Waals surface area contributed by atoms with Crippen LogP contribution in [0.15, 0.2) is 24.3 Å². The summed E-state index contributed by atoms with van der Waals surface area (Å²) in [5.41, 5.74) is 1.87. The van der Waals surface area contributed by atoms with E-state index in [1.807, 2.05) is 38.1 Å². The summed E-state index contributed by atoms with van der Waals surface area (Å²) in [6, 6.07) is 7.79. The molecule has 0 bridgehead atoms. The van der Waals surface area contributed by atoms with Crippen LogP contribution >= 0.6 is 0 Å². The minimum Gasteiger partial charge on any atom is -0.354 e. The van der Waals surface area contributed by atoms with E-state index >= 15 is 0 Å². The molecule has 18 heavy (non-hydrogen) atoms. The maximum absolute atomic E-state index is 11.8. The van der Waals surface area contributed by atoms with Crippen molar-refractivity contribution in [2.24, 2.45) is 0 Å². The Balaban J connectivity index is 1.98. The maximum Gasteiger partial charge on any atom is 0.232 e. The second-order valence-corrected chi connectivity index (χ2v) is 4.89. The van der Waals surface area contributed by atoms with Crippen molar-refractivity contribution in [3.05, 3.63) is 29.8 Å². The Bertz CT molecular complexity index is 469. The second kappa shape index (κ2) is 5.21. The first-order valence-corrected chi connectivity index (χ1v) is 6.27. The summed E-state index contributed by atoms with van der Waals surface area (Å²) in [6.45, 7) is 3.85. The van der Waals surface area contributed by atoms with Crippen molar-refractivity contribution >= 4 is 17.5 Å². The molecule has 2 rings (SSSR count). The van der Waals surface area contributed by atoms with Gasteiger partial charge in [0.2, 0.25) is 11.8 Å². The number of amides is 2. The molecule has 1 aromatic rings. The third-order valence-electron chi connectivity index (χ3n) is 3.02. The van der Waals surface area contributed by atoms with Crippen molar-refractivity contribution < 1.29 is 9.59 Å². The van der Waals surface area contributed by atoms with Gasteiger partial charge in [0.1, 0.15) is 0 Å². The number of fused-ring (bicyclic) bond motifs is 1. The van der Waals surface area contributed by atoms with E-state index in [1.165, 1.54) is 0 Å². The van der Waals surface area contributed by atoms with Gasteiger partial charge in [-0.1, -0.05) is 18.2 Å². The van der Waals surface area contributed by atoms with Crippen LogP contribution < -0.4 is 10.6 Å². The molecule has 1 aliphatic rings. The first-order valence-electron chi connectivity index (χ1n) is 6.27. The highest BCUT2D eigenvalue weighted by Gasteiger charge is 2.30. The van der Waals surface area contributed by atoms with E-state index in [9.17, 15) is 9.59 Å². The molecular weight excluding hydrogens is 228 g/mol. The predicted octanol–water partition coefficient (Wildman–Crippen LogP) is 2.03. The maximum atomic E-state index is 11.8. The second-order valence-electron chi connectivity index (χ2n) is 4.89. The molecule has 1 heterocycles. The minimum atomic E-state index is -0.195. The number of rotatable bonds is 4. The predicted molar refractivity (Wildman–Crippen MR) is 70.3 cm³/mol. The zero-order chi connectivity index (χ0) is 13.1. The Hall–Kier alpha value is -1.84. The standard InChI is InChI=1S/C14H18N2O2/c1-9(2)15-13(17)8-7-11-10-5-3-4-6-12(10)16-14(11)18/h3-6,9,11H,7-8H2,1-2H3,(H,15,17)(H,16,18). The van der Waals surface area contributed by atoms with Crippen LogP contribution in [0.5, 0.6) is 0 Å². The van der Waals surface area contributed by atoms with Gasteiger partial charge in [0.15, 0.2) is 0 Å². The Morgan fingerprint density at radius 2 is 2.11 bits per heavy atom. The van der Waals surface area contributed by atoms with E-state index in [0.717, 1.165) is 11.3 Å². The lowest BCUT2D eigenvalue weighted by atomic mass is 9.95. The van der Waals surface area contributed by atoms with E-state index in [0.29, 0.717) is 12.8 Å². The Kier molecular flexibility index (Phi) is 3.65. The number of carbonyl (C=O) groups excluding carboxylic acids is 2. The van der Waals surface area contributed by atoms with Gasteiger partial charge in [0, 0.05) is 18.2 Å². The normalized spacial score (nSPS) is 17.5. The molecule has 0 spiro atoms. The third kappa shape index (κ3) is 2.70. The van der Waals surface area contributed by atoms with Crippen LogP contribution in [0.4, 0.5) is 5.69 Å². The number of para-hydroxylation sites is 1. The van der Waals surface area contributed by atoms with E-state index in [-0.39, 0.29) is 23.8 Å². The molecule has 0 saturated carbocycles. The molecule has 4 nitrogen and oxygen atoms in total. The molecule has 0 radical (unpaired) electrons. The van der Waals surface area contributed by atoms with Gasteiger partial charge in [-0.2, -0.15) is 0 Å². The van der Waals surface area contributed by atoms with E-state index in [4.69, 9.17) is 0 Å². The fraction of sp³-hybridized carbons (Fsp3) is 0.429. The van der Waals surface area contributed by atoms with Crippen LogP contribution in [-0.2, 0) is 9.59 Å². The van der Waals surface area contributed by atoms with Crippen LogP contribution in [0.25, 0.3) is 0 Å². The number of benzene rings is 1. The highest BCUT2D eigenvalue weighted by Crippen LogP contribution is 2.34.